The Balaban J connectivity index is 1.19. The van der Waals surface area contributed by atoms with Crippen molar-refractivity contribution in [1.29, 1.82) is 0 Å². The average Bonchev–Trinajstić information content (AvgIpc) is 2.84. The van der Waals surface area contributed by atoms with Gasteiger partial charge in [-0.25, -0.2) is 14.4 Å². The summed E-state index contributed by atoms with van der Waals surface area (Å²) in [4.78, 5) is 32.4. The van der Waals surface area contributed by atoms with E-state index in [0.717, 1.165) is 31.3 Å². The molecule has 1 fully saturated rings. The third-order valence-electron chi connectivity index (χ3n) is 5.60. The van der Waals surface area contributed by atoms with Crippen molar-refractivity contribution >= 4 is 22.9 Å². The Labute approximate surface area is 184 Å². The van der Waals surface area contributed by atoms with Gasteiger partial charge in [0, 0.05) is 48.7 Å². The number of aromatic nitrogens is 4. The van der Waals surface area contributed by atoms with E-state index in [9.17, 15) is 9.18 Å². The fourth-order valence-corrected chi connectivity index (χ4v) is 3.85. The highest BCUT2D eigenvalue weighted by Gasteiger charge is 2.23. The Morgan fingerprint density at radius 1 is 1.00 bits per heavy atom. The molecular formula is C24H21FN6O. The quantitative estimate of drug-likeness (QED) is 0.535. The Morgan fingerprint density at radius 2 is 1.88 bits per heavy atom. The fraction of sp³-hybridized carbons (Fsp3) is 0.208. The summed E-state index contributed by atoms with van der Waals surface area (Å²) in [5.41, 5.74) is 2.47. The number of nitrogens with one attached hydrogen (secondary N) is 1. The Kier molecular flexibility index (Phi) is 5.41. The second-order valence-electron chi connectivity index (χ2n) is 7.76. The van der Waals surface area contributed by atoms with Gasteiger partial charge in [0.2, 0.25) is 5.95 Å². The van der Waals surface area contributed by atoms with Gasteiger partial charge in [0.05, 0.1) is 11.3 Å². The van der Waals surface area contributed by atoms with Gasteiger partial charge in [0.1, 0.15) is 5.82 Å². The molecule has 0 atom stereocenters. The van der Waals surface area contributed by atoms with Crippen molar-refractivity contribution in [2.45, 2.75) is 18.9 Å². The molecule has 0 radical (unpaired) electrons. The number of benzene rings is 1. The van der Waals surface area contributed by atoms with Gasteiger partial charge in [0.15, 0.2) is 5.65 Å². The molecule has 1 amide bonds. The van der Waals surface area contributed by atoms with Gasteiger partial charge < -0.3 is 10.2 Å². The van der Waals surface area contributed by atoms with Crippen molar-refractivity contribution in [3.63, 3.8) is 0 Å². The summed E-state index contributed by atoms with van der Waals surface area (Å²) in [6.45, 7) is 1.50. The number of nitrogens with zero attached hydrogens (tertiary/aromatic N) is 5. The molecule has 0 aliphatic carbocycles. The van der Waals surface area contributed by atoms with Crippen LogP contribution in [0.3, 0.4) is 0 Å². The Hall–Kier alpha value is -3.94. The predicted octanol–water partition coefficient (Wildman–Crippen LogP) is 3.62. The normalized spacial score (nSPS) is 14.5. The van der Waals surface area contributed by atoms with Crippen LogP contribution in [0.5, 0.6) is 0 Å². The van der Waals surface area contributed by atoms with Crippen LogP contribution in [0.15, 0.2) is 67.1 Å². The molecule has 5 rings (SSSR count). The lowest BCUT2D eigenvalue weighted by Crippen LogP contribution is -2.45. The first-order chi connectivity index (χ1) is 15.7. The molecule has 1 aromatic carbocycles. The summed E-state index contributed by atoms with van der Waals surface area (Å²) < 4.78 is 13.4. The monoisotopic (exact) mass is 428 g/mol. The molecule has 1 aliphatic rings. The minimum Gasteiger partial charge on any atom is -0.349 e. The summed E-state index contributed by atoms with van der Waals surface area (Å²) in [6, 6.07) is 13.6. The van der Waals surface area contributed by atoms with Crippen LogP contribution in [0.25, 0.3) is 22.3 Å². The van der Waals surface area contributed by atoms with Crippen molar-refractivity contribution in [2.75, 3.05) is 18.0 Å². The third kappa shape index (κ3) is 4.25. The number of halogens is 1. The molecule has 0 bridgehead atoms. The Bertz CT molecular complexity index is 1250. The lowest BCUT2D eigenvalue weighted by molar-refractivity contribution is 0.0930. The highest BCUT2D eigenvalue weighted by atomic mass is 19.1. The van der Waals surface area contributed by atoms with Crippen LogP contribution >= 0.6 is 0 Å². The van der Waals surface area contributed by atoms with Gasteiger partial charge >= 0.3 is 0 Å². The van der Waals surface area contributed by atoms with Crippen LogP contribution in [0.4, 0.5) is 10.3 Å². The SMILES string of the molecule is O=C(NC1CCN(c2ncc3cccnc3n2)CC1)c1ccc(-c2cccc(F)c2)nc1. The van der Waals surface area contributed by atoms with Crippen LogP contribution in [-0.4, -0.2) is 45.0 Å². The number of carbonyl (C=O) groups is 1. The first-order valence-electron chi connectivity index (χ1n) is 10.5. The second kappa shape index (κ2) is 8.66. The van der Waals surface area contributed by atoms with E-state index in [2.05, 4.69) is 30.2 Å². The summed E-state index contributed by atoms with van der Waals surface area (Å²) in [5, 5.41) is 4.00. The molecule has 4 heterocycles. The van der Waals surface area contributed by atoms with Crippen molar-refractivity contribution in [3.8, 4) is 11.3 Å². The van der Waals surface area contributed by atoms with Crippen molar-refractivity contribution < 1.29 is 9.18 Å². The van der Waals surface area contributed by atoms with Crippen molar-refractivity contribution in [3.05, 3.63) is 78.5 Å². The molecule has 0 unspecified atom stereocenters. The zero-order valence-corrected chi connectivity index (χ0v) is 17.3. The molecular weight excluding hydrogens is 407 g/mol. The molecule has 1 saturated heterocycles. The highest BCUT2D eigenvalue weighted by Crippen LogP contribution is 2.20. The van der Waals surface area contributed by atoms with Crippen LogP contribution in [0.1, 0.15) is 23.2 Å². The van der Waals surface area contributed by atoms with Gasteiger partial charge in [-0.1, -0.05) is 12.1 Å². The lowest BCUT2D eigenvalue weighted by atomic mass is 10.0. The third-order valence-corrected chi connectivity index (χ3v) is 5.60. The summed E-state index contributed by atoms with van der Waals surface area (Å²) in [7, 11) is 0. The van der Waals surface area contributed by atoms with E-state index in [-0.39, 0.29) is 17.8 Å². The maximum Gasteiger partial charge on any atom is 0.253 e. The van der Waals surface area contributed by atoms with Crippen LogP contribution in [-0.2, 0) is 0 Å². The van der Waals surface area contributed by atoms with Crippen molar-refractivity contribution in [2.24, 2.45) is 0 Å². The van der Waals surface area contributed by atoms with Crippen LogP contribution < -0.4 is 10.2 Å². The number of anilines is 1. The topological polar surface area (TPSA) is 83.9 Å². The number of carbonyl (C=O) groups excluding carboxylic acids is 1. The number of fused-ring (bicyclic) bond motifs is 1. The van der Waals surface area contributed by atoms with Crippen molar-refractivity contribution in [1.82, 2.24) is 25.3 Å². The summed E-state index contributed by atoms with van der Waals surface area (Å²) in [6.07, 6.45) is 6.63. The van der Waals surface area contributed by atoms with Crippen LogP contribution in [0.2, 0.25) is 0 Å². The molecule has 1 N–H and O–H groups in total. The van der Waals surface area contributed by atoms with E-state index in [1.54, 1.807) is 36.7 Å². The molecule has 160 valence electrons. The molecule has 3 aromatic heterocycles. The summed E-state index contributed by atoms with van der Waals surface area (Å²) >= 11 is 0. The summed E-state index contributed by atoms with van der Waals surface area (Å²) in [5.74, 6) is 0.189. The molecule has 0 spiro atoms. The van der Waals surface area contributed by atoms with Gasteiger partial charge in [-0.15, -0.1) is 0 Å². The molecule has 32 heavy (non-hydrogen) atoms. The largest absolute Gasteiger partial charge is 0.349 e. The van der Waals surface area contributed by atoms with Crippen LogP contribution in [0, 0.1) is 5.82 Å². The second-order valence-corrected chi connectivity index (χ2v) is 7.76. The van der Waals surface area contributed by atoms with E-state index in [4.69, 9.17) is 0 Å². The first kappa shape index (κ1) is 20.0. The van der Waals surface area contributed by atoms with E-state index < -0.39 is 0 Å². The molecule has 7 nitrogen and oxygen atoms in total. The molecule has 0 saturated carbocycles. The van der Waals surface area contributed by atoms with Gasteiger partial charge in [-0.05, 0) is 49.2 Å². The minimum atomic E-state index is -0.317. The highest BCUT2D eigenvalue weighted by molar-refractivity contribution is 5.94. The van der Waals surface area contributed by atoms with E-state index in [1.807, 2.05) is 12.1 Å². The van der Waals surface area contributed by atoms with Gasteiger partial charge in [-0.3, -0.25) is 9.78 Å². The number of hydrogen-bond donors (Lipinski definition) is 1. The number of rotatable bonds is 4. The predicted molar refractivity (Wildman–Crippen MR) is 120 cm³/mol. The van der Waals surface area contributed by atoms with E-state index in [0.29, 0.717) is 28.4 Å². The number of amides is 1. The van der Waals surface area contributed by atoms with Gasteiger partial charge in [-0.2, -0.15) is 4.98 Å². The number of hydrogen-bond acceptors (Lipinski definition) is 6. The zero-order valence-electron chi connectivity index (χ0n) is 17.3. The lowest BCUT2D eigenvalue weighted by Gasteiger charge is -2.32. The minimum absolute atomic E-state index is 0.0697. The molecule has 1 aliphatic heterocycles. The van der Waals surface area contributed by atoms with E-state index in [1.165, 1.54) is 18.3 Å². The molecule has 4 aromatic rings. The fourth-order valence-electron chi connectivity index (χ4n) is 3.85. The first-order valence-corrected chi connectivity index (χ1v) is 10.5. The number of piperidine rings is 1. The zero-order chi connectivity index (χ0) is 21.9. The van der Waals surface area contributed by atoms with Gasteiger partial charge in [0.25, 0.3) is 5.91 Å². The molecule has 8 heteroatoms. The number of pyridine rings is 2. The Morgan fingerprint density at radius 3 is 2.66 bits per heavy atom. The maximum atomic E-state index is 13.4. The maximum absolute atomic E-state index is 13.4. The smallest absolute Gasteiger partial charge is 0.253 e. The average molecular weight is 428 g/mol. The standard InChI is InChI=1S/C24H21FN6O/c25-19-5-1-3-16(13-19)21-7-6-18(15-27-21)23(32)29-20-8-11-31(12-9-20)24-28-14-17-4-2-10-26-22(17)30-24/h1-7,10,13-15,20H,8-9,11-12H2,(H,29,32). The van der Waals surface area contributed by atoms with E-state index >= 15 is 0 Å².